The van der Waals surface area contributed by atoms with Gasteiger partial charge in [0.2, 0.25) is 5.69 Å². The second-order valence-electron chi connectivity index (χ2n) is 17.8. The average molecular weight is 893 g/mol. The zero-order valence-electron chi connectivity index (χ0n) is 36.6. The van der Waals surface area contributed by atoms with Crippen LogP contribution in [0.1, 0.15) is 107 Å². The summed E-state index contributed by atoms with van der Waals surface area (Å²) in [4.78, 5) is 26.5. The number of phenolic OH excluding ortho intramolecular Hbond substituents is 1. The standard InChI is InChI=1S/C46H57N3O11S2/c1-28-29(2)42-33(30(3)41(28)52)21-22-46(8,60-42)43(53)47-23-13-25-49-37-20-18-32(62(57,58)59)27-35(37)45(6,7)39(49)15-12-14-38-44(4,5)34-26-31(61(54,55)56)17-19-36(34)48(38)24-11-9-10-16-40(50)51/h12,14-15,17-20,26-27H,9-11,13,16,21-25H2,1-8H3,(H4-,47,50,51,52,53,54,55,56,57,58,59)/p+1. The van der Waals surface area contributed by atoms with Crippen LogP contribution in [0.25, 0.3) is 0 Å². The third-order valence-corrected chi connectivity index (χ3v) is 14.6. The Bertz CT molecular complexity index is 2660. The molecule has 0 fully saturated rings. The number of carbonyl (C=O) groups is 2. The van der Waals surface area contributed by atoms with Crippen LogP contribution in [0.15, 0.2) is 70.1 Å². The Balaban J connectivity index is 1.29. The third kappa shape index (κ3) is 8.79. The monoisotopic (exact) mass is 892 g/mol. The lowest BCUT2D eigenvalue weighted by molar-refractivity contribution is -0.437. The molecule has 3 aliphatic rings. The van der Waals surface area contributed by atoms with Crippen LogP contribution < -0.4 is 15.0 Å². The molecule has 16 heteroatoms. The molecule has 5 N–H and O–H groups in total. The number of benzene rings is 3. The first kappa shape index (κ1) is 46.5. The number of carboxylic acid groups (broad SMARTS) is 1. The Morgan fingerprint density at radius 3 is 2.15 bits per heavy atom. The summed E-state index contributed by atoms with van der Waals surface area (Å²) in [7, 11) is -8.98. The Kier molecular flexibility index (Phi) is 12.7. The van der Waals surface area contributed by atoms with Crippen LogP contribution in [-0.4, -0.2) is 83.6 Å². The highest BCUT2D eigenvalue weighted by atomic mass is 32.2. The van der Waals surface area contributed by atoms with E-state index < -0.39 is 42.6 Å². The van der Waals surface area contributed by atoms with Crippen molar-refractivity contribution in [1.29, 1.82) is 0 Å². The SMILES string of the molecule is Cc1c(C)c2c(c(C)c1O)CCC(C)(C(=O)NCCC[N+]1=C(C=CC=C3N(CCCCCC(=O)O)c4ccc(S(=O)(=O)O)cc4C3(C)C)C(C)(C)c3cc(S(=O)(=O)O)ccc31)O2. The molecule has 0 spiro atoms. The number of aliphatic carboxylic acids is 1. The van der Waals surface area contributed by atoms with Crippen LogP contribution in [0.5, 0.6) is 11.5 Å². The molecule has 0 bridgehead atoms. The molecule has 334 valence electrons. The maximum absolute atomic E-state index is 13.7. The molecule has 0 saturated heterocycles. The number of aromatic hydroxyl groups is 1. The van der Waals surface area contributed by atoms with Crippen molar-refractivity contribution in [2.75, 3.05) is 24.5 Å². The number of carbonyl (C=O) groups excluding carboxylic acids is 1. The van der Waals surface area contributed by atoms with Gasteiger partial charge in [0.1, 0.15) is 11.5 Å². The first-order chi connectivity index (χ1) is 28.8. The summed E-state index contributed by atoms with van der Waals surface area (Å²) in [5.41, 5.74) is 5.21. The summed E-state index contributed by atoms with van der Waals surface area (Å²) in [5.74, 6) is -0.233. The van der Waals surface area contributed by atoms with Gasteiger partial charge in [-0.05, 0) is 119 Å². The van der Waals surface area contributed by atoms with E-state index in [1.165, 1.54) is 24.3 Å². The lowest BCUT2D eigenvalue weighted by Gasteiger charge is -2.36. The summed E-state index contributed by atoms with van der Waals surface area (Å²) >= 11 is 0. The Labute approximate surface area is 364 Å². The number of hydrogen-bond donors (Lipinski definition) is 5. The molecule has 3 aromatic carbocycles. The van der Waals surface area contributed by atoms with E-state index in [1.807, 2.05) is 66.7 Å². The van der Waals surface area contributed by atoms with Gasteiger partial charge in [0, 0.05) is 72.4 Å². The fourth-order valence-corrected chi connectivity index (χ4v) is 10.1. The summed E-state index contributed by atoms with van der Waals surface area (Å²) in [6, 6.07) is 9.05. The van der Waals surface area contributed by atoms with Gasteiger partial charge in [0.05, 0.1) is 15.2 Å². The van der Waals surface area contributed by atoms with Crippen LogP contribution in [-0.2, 0) is 47.1 Å². The van der Waals surface area contributed by atoms with Gasteiger partial charge in [0.25, 0.3) is 26.1 Å². The van der Waals surface area contributed by atoms with E-state index in [1.54, 1.807) is 19.1 Å². The number of nitrogens with zero attached hydrogens (tertiary/aromatic N) is 2. The van der Waals surface area contributed by atoms with Crippen molar-refractivity contribution in [1.82, 2.24) is 5.32 Å². The van der Waals surface area contributed by atoms with Crippen molar-refractivity contribution < 1.29 is 55.1 Å². The van der Waals surface area contributed by atoms with Gasteiger partial charge < -0.3 is 25.2 Å². The number of ether oxygens (including phenoxy) is 1. The minimum atomic E-state index is -4.50. The molecule has 0 saturated carbocycles. The number of amides is 1. The van der Waals surface area contributed by atoms with Crippen molar-refractivity contribution in [2.24, 2.45) is 0 Å². The number of rotatable bonds is 15. The molecule has 1 amide bonds. The predicted molar refractivity (Wildman–Crippen MR) is 236 cm³/mol. The van der Waals surface area contributed by atoms with E-state index >= 15 is 0 Å². The zero-order chi connectivity index (χ0) is 45.7. The summed E-state index contributed by atoms with van der Waals surface area (Å²) in [5, 5.41) is 22.8. The molecule has 14 nitrogen and oxygen atoms in total. The third-order valence-electron chi connectivity index (χ3n) is 12.9. The molecular formula is C46H58N3O11S2+. The Morgan fingerprint density at radius 2 is 1.50 bits per heavy atom. The Hall–Kier alpha value is -5.03. The molecule has 0 aromatic heterocycles. The number of hydrogen-bond acceptors (Lipinski definition) is 9. The number of unbranched alkanes of at least 4 members (excludes halogenated alkanes) is 2. The van der Waals surface area contributed by atoms with Crippen molar-refractivity contribution in [2.45, 2.75) is 127 Å². The average Bonchev–Trinajstić information content (AvgIpc) is 3.54. The molecule has 1 unspecified atom stereocenters. The van der Waals surface area contributed by atoms with Gasteiger partial charge in [-0.15, -0.1) is 0 Å². The number of carboxylic acids is 1. The van der Waals surface area contributed by atoms with E-state index in [0.717, 1.165) is 39.5 Å². The fourth-order valence-electron chi connectivity index (χ4n) is 9.10. The van der Waals surface area contributed by atoms with Gasteiger partial charge in [-0.3, -0.25) is 18.7 Å². The van der Waals surface area contributed by atoms with Gasteiger partial charge in [-0.1, -0.05) is 26.3 Å². The summed E-state index contributed by atoms with van der Waals surface area (Å²) < 4.78 is 77.2. The molecule has 3 heterocycles. The molecule has 3 aromatic rings. The Morgan fingerprint density at radius 1 is 0.855 bits per heavy atom. The molecule has 3 aliphatic heterocycles. The number of fused-ring (bicyclic) bond motifs is 3. The lowest BCUT2D eigenvalue weighted by Crippen LogP contribution is -2.51. The summed E-state index contributed by atoms with van der Waals surface area (Å²) in [6.07, 6.45) is 9.23. The van der Waals surface area contributed by atoms with E-state index in [-0.39, 0.29) is 27.9 Å². The quantitative estimate of drug-likeness (QED) is 0.0576. The van der Waals surface area contributed by atoms with Crippen molar-refractivity contribution in [3.05, 3.63) is 93.7 Å². The molecular weight excluding hydrogens is 835 g/mol. The van der Waals surface area contributed by atoms with Crippen LogP contribution >= 0.6 is 0 Å². The largest absolute Gasteiger partial charge is 0.507 e. The van der Waals surface area contributed by atoms with Crippen molar-refractivity contribution >= 4 is 49.2 Å². The maximum Gasteiger partial charge on any atom is 0.303 e. The van der Waals surface area contributed by atoms with Crippen LogP contribution in [0, 0.1) is 20.8 Å². The number of phenols is 1. The molecule has 0 radical (unpaired) electrons. The molecule has 6 rings (SSSR count). The smallest absolute Gasteiger partial charge is 0.303 e. The van der Waals surface area contributed by atoms with Crippen LogP contribution in [0.3, 0.4) is 0 Å². The molecule has 0 aliphatic carbocycles. The second kappa shape index (κ2) is 16.9. The highest BCUT2D eigenvalue weighted by molar-refractivity contribution is 7.86. The second-order valence-corrected chi connectivity index (χ2v) is 20.7. The lowest BCUT2D eigenvalue weighted by atomic mass is 9.81. The summed E-state index contributed by atoms with van der Waals surface area (Å²) in [6.45, 7) is 16.5. The van der Waals surface area contributed by atoms with Crippen molar-refractivity contribution in [3.63, 3.8) is 0 Å². The minimum Gasteiger partial charge on any atom is -0.507 e. The van der Waals surface area contributed by atoms with E-state index in [2.05, 4.69) is 14.8 Å². The topological polar surface area (TPSA) is 211 Å². The van der Waals surface area contributed by atoms with Crippen LogP contribution in [0.2, 0.25) is 0 Å². The van der Waals surface area contributed by atoms with Gasteiger partial charge in [-0.25, -0.2) is 0 Å². The highest BCUT2D eigenvalue weighted by Crippen LogP contribution is 2.49. The van der Waals surface area contributed by atoms with E-state index in [4.69, 9.17) is 9.84 Å². The van der Waals surface area contributed by atoms with E-state index in [9.17, 15) is 40.6 Å². The number of anilines is 1. The fraction of sp³-hybridized carbons (Fsp3) is 0.457. The minimum absolute atomic E-state index is 0.0609. The number of nitrogens with one attached hydrogen (secondary N) is 1. The van der Waals surface area contributed by atoms with Gasteiger partial charge in [0.15, 0.2) is 17.9 Å². The van der Waals surface area contributed by atoms with E-state index in [0.29, 0.717) is 80.6 Å². The maximum atomic E-state index is 13.7. The van der Waals surface area contributed by atoms with Gasteiger partial charge in [-0.2, -0.15) is 21.4 Å². The first-order valence-corrected chi connectivity index (χ1v) is 23.7. The first-order valence-electron chi connectivity index (χ1n) is 20.9. The zero-order valence-corrected chi connectivity index (χ0v) is 38.3. The molecule has 62 heavy (non-hydrogen) atoms. The normalized spacial score (nSPS) is 19.7. The number of allylic oxidation sites excluding steroid dienone is 4. The predicted octanol–water partition coefficient (Wildman–Crippen LogP) is 7.36. The highest BCUT2D eigenvalue weighted by Gasteiger charge is 2.46. The van der Waals surface area contributed by atoms with Crippen molar-refractivity contribution in [3.8, 4) is 11.5 Å². The van der Waals surface area contributed by atoms with Crippen LogP contribution in [0.4, 0.5) is 11.4 Å². The molecule has 1 atom stereocenters. The van der Waals surface area contributed by atoms with Gasteiger partial charge >= 0.3 is 5.97 Å².